The molecule has 2 heterocycles. The van der Waals surface area contributed by atoms with E-state index in [0.717, 1.165) is 16.2 Å². The van der Waals surface area contributed by atoms with Gasteiger partial charge in [0.1, 0.15) is 5.65 Å². The van der Waals surface area contributed by atoms with Crippen LogP contribution < -0.4 is 0 Å². The Bertz CT molecular complexity index is 392. The normalized spacial score (nSPS) is 10.7. The zero-order valence-electron chi connectivity index (χ0n) is 6.15. The molecule has 11 heavy (non-hydrogen) atoms. The van der Waals surface area contributed by atoms with Gasteiger partial charge in [0, 0.05) is 17.3 Å². The van der Waals surface area contributed by atoms with E-state index in [2.05, 4.69) is 17.6 Å². The first-order chi connectivity index (χ1) is 5.25. The number of pyridine rings is 1. The van der Waals surface area contributed by atoms with Crippen molar-refractivity contribution in [2.45, 2.75) is 11.8 Å². The Kier molecular flexibility index (Phi) is 1.39. The highest BCUT2D eigenvalue weighted by Crippen LogP contribution is 2.09. The van der Waals surface area contributed by atoms with Gasteiger partial charge in [0.2, 0.25) is 0 Å². The summed E-state index contributed by atoms with van der Waals surface area (Å²) in [5.41, 5.74) is 2.00. The summed E-state index contributed by atoms with van der Waals surface area (Å²) in [4.78, 5) is 5.24. The molecule has 2 nitrogen and oxygen atoms in total. The van der Waals surface area contributed by atoms with Gasteiger partial charge in [-0.2, -0.15) is 0 Å². The van der Waals surface area contributed by atoms with Crippen LogP contribution in [-0.2, 0) is 0 Å². The van der Waals surface area contributed by atoms with E-state index in [9.17, 15) is 0 Å². The summed E-state index contributed by atoms with van der Waals surface area (Å²) in [5, 5.41) is 0. The van der Waals surface area contributed by atoms with Crippen molar-refractivity contribution in [1.29, 1.82) is 0 Å². The van der Waals surface area contributed by atoms with Crippen molar-refractivity contribution in [1.82, 2.24) is 9.38 Å². The Balaban J connectivity index is 2.82. The van der Waals surface area contributed by atoms with Gasteiger partial charge in [0.25, 0.3) is 0 Å². The molecule has 0 unspecified atom stereocenters. The van der Waals surface area contributed by atoms with Crippen LogP contribution in [0.25, 0.3) is 5.65 Å². The molecule has 56 valence electrons. The van der Waals surface area contributed by atoms with Crippen LogP contribution in [0.2, 0.25) is 0 Å². The molecule has 0 radical (unpaired) electrons. The number of hydrogen-bond acceptors (Lipinski definition) is 2. The summed E-state index contributed by atoms with van der Waals surface area (Å²) >= 11 is 4.22. The fourth-order valence-corrected chi connectivity index (χ4v) is 1.31. The minimum Gasteiger partial charge on any atom is -0.306 e. The summed E-state index contributed by atoms with van der Waals surface area (Å²) < 4.78 is 1.97. The maximum atomic E-state index is 4.28. The monoisotopic (exact) mass is 164 g/mol. The third kappa shape index (κ3) is 1.12. The lowest BCUT2D eigenvalue weighted by molar-refractivity contribution is 1.13. The van der Waals surface area contributed by atoms with Gasteiger partial charge in [-0.05, 0) is 19.1 Å². The molecule has 0 bridgehead atoms. The molecule has 0 N–H and O–H groups in total. The van der Waals surface area contributed by atoms with Gasteiger partial charge in [0.15, 0.2) is 0 Å². The molecule has 0 aliphatic rings. The van der Waals surface area contributed by atoms with Crippen molar-refractivity contribution < 1.29 is 0 Å². The maximum absolute atomic E-state index is 4.28. The zero-order chi connectivity index (χ0) is 7.84. The highest BCUT2D eigenvalue weighted by atomic mass is 32.1. The molecule has 2 rings (SSSR count). The molecular weight excluding hydrogens is 156 g/mol. The van der Waals surface area contributed by atoms with Gasteiger partial charge in [0.05, 0.1) is 5.69 Å². The first kappa shape index (κ1) is 6.73. The summed E-state index contributed by atoms with van der Waals surface area (Å²) in [5.74, 6) is 0. The molecule has 0 atom stereocenters. The molecular formula is C8H8N2S. The van der Waals surface area contributed by atoms with Gasteiger partial charge < -0.3 is 4.40 Å². The van der Waals surface area contributed by atoms with Crippen LogP contribution in [0.4, 0.5) is 0 Å². The molecule has 3 heteroatoms. The molecule has 0 aliphatic carbocycles. The first-order valence-electron chi connectivity index (χ1n) is 3.40. The fraction of sp³-hybridized carbons (Fsp3) is 0.125. The van der Waals surface area contributed by atoms with Crippen LogP contribution in [0.1, 0.15) is 5.69 Å². The molecule has 0 saturated carbocycles. The van der Waals surface area contributed by atoms with Crippen molar-refractivity contribution in [3.05, 3.63) is 30.2 Å². The summed E-state index contributed by atoms with van der Waals surface area (Å²) in [6.07, 6.45) is 3.92. The van der Waals surface area contributed by atoms with Crippen molar-refractivity contribution in [3.8, 4) is 0 Å². The van der Waals surface area contributed by atoms with Crippen molar-refractivity contribution >= 4 is 18.3 Å². The standard InChI is InChI=1S/C8H8N2S/c1-6-4-10-5-7(11)2-3-8(10)9-6/h2-5,11H,1H3. The fourth-order valence-electron chi connectivity index (χ4n) is 1.11. The molecule has 0 aromatic carbocycles. The smallest absolute Gasteiger partial charge is 0.137 e. The van der Waals surface area contributed by atoms with Gasteiger partial charge in [-0.1, -0.05) is 0 Å². The Morgan fingerprint density at radius 1 is 1.36 bits per heavy atom. The predicted octanol–water partition coefficient (Wildman–Crippen LogP) is 1.93. The van der Waals surface area contributed by atoms with Crippen molar-refractivity contribution in [2.24, 2.45) is 0 Å². The number of rotatable bonds is 0. The number of thiol groups is 1. The van der Waals surface area contributed by atoms with Crippen LogP contribution in [-0.4, -0.2) is 9.38 Å². The summed E-state index contributed by atoms with van der Waals surface area (Å²) in [6.45, 7) is 1.98. The molecule has 0 saturated heterocycles. The van der Waals surface area contributed by atoms with E-state index in [1.54, 1.807) is 0 Å². The van der Waals surface area contributed by atoms with E-state index < -0.39 is 0 Å². The highest BCUT2D eigenvalue weighted by Gasteiger charge is 1.95. The zero-order valence-corrected chi connectivity index (χ0v) is 7.05. The minimum atomic E-state index is 0.954. The topological polar surface area (TPSA) is 17.3 Å². The third-order valence-electron chi connectivity index (χ3n) is 1.56. The first-order valence-corrected chi connectivity index (χ1v) is 3.85. The van der Waals surface area contributed by atoms with E-state index in [0.29, 0.717) is 0 Å². The second kappa shape index (κ2) is 2.27. The van der Waals surface area contributed by atoms with E-state index in [1.807, 2.05) is 35.9 Å². The Morgan fingerprint density at radius 2 is 2.18 bits per heavy atom. The van der Waals surface area contributed by atoms with Crippen LogP contribution >= 0.6 is 12.6 Å². The minimum absolute atomic E-state index is 0.954. The number of aryl methyl sites for hydroxylation is 1. The lowest BCUT2D eigenvalue weighted by atomic mass is 10.5. The molecule has 0 fully saturated rings. The van der Waals surface area contributed by atoms with Crippen LogP contribution in [0, 0.1) is 6.92 Å². The quantitative estimate of drug-likeness (QED) is 0.589. The van der Waals surface area contributed by atoms with E-state index in [4.69, 9.17) is 0 Å². The second-order valence-electron chi connectivity index (χ2n) is 2.54. The van der Waals surface area contributed by atoms with Crippen LogP contribution in [0.5, 0.6) is 0 Å². The average Bonchev–Trinajstić information content (AvgIpc) is 2.27. The van der Waals surface area contributed by atoms with Gasteiger partial charge >= 0.3 is 0 Å². The number of aromatic nitrogens is 2. The predicted molar refractivity (Wildman–Crippen MR) is 47.2 cm³/mol. The lowest BCUT2D eigenvalue weighted by Crippen LogP contribution is -1.80. The van der Waals surface area contributed by atoms with E-state index in [1.165, 1.54) is 0 Å². The van der Waals surface area contributed by atoms with Crippen LogP contribution in [0.15, 0.2) is 29.4 Å². The SMILES string of the molecule is Cc1cn2cc(S)ccc2n1. The summed E-state index contributed by atoms with van der Waals surface area (Å²) in [7, 11) is 0. The van der Waals surface area contributed by atoms with Crippen molar-refractivity contribution in [2.75, 3.05) is 0 Å². The maximum Gasteiger partial charge on any atom is 0.137 e. The second-order valence-corrected chi connectivity index (χ2v) is 3.05. The largest absolute Gasteiger partial charge is 0.306 e. The summed E-state index contributed by atoms with van der Waals surface area (Å²) in [6, 6.07) is 3.89. The van der Waals surface area contributed by atoms with E-state index >= 15 is 0 Å². The van der Waals surface area contributed by atoms with Gasteiger partial charge in [-0.3, -0.25) is 0 Å². The third-order valence-corrected chi connectivity index (χ3v) is 1.82. The Labute approximate surface area is 70.3 Å². The van der Waals surface area contributed by atoms with E-state index in [-0.39, 0.29) is 0 Å². The molecule has 0 aliphatic heterocycles. The molecule has 2 aromatic rings. The number of fused-ring (bicyclic) bond motifs is 1. The van der Waals surface area contributed by atoms with Gasteiger partial charge in [-0.15, -0.1) is 12.6 Å². The Hall–Kier alpha value is -0.960. The number of nitrogens with zero attached hydrogens (tertiary/aromatic N) is 2. The Morgan fingerprint density at radius 3 is 3.00 bits per heavy atom. The molecule has 2 aromatic heterocycles. The molecule has 0 spiro atoms. The van der Waals surface area contributed by atoms with Gasteiger partial charge in [-0.25, -0.2) is 4.98 Å². The highest BCUT2D eigenvalue weighted by molar-refractivity contribution is 7.80. The average molecular weight is 164 g/mol. The number of hydrogen-bond donors (Lipinski definition) is 1. The van der Waals surface area contributed by atoms with Crippen molar-refractivity contribution in [3.63, 3.8) is 0 Å². The number of imidazole rings is 1. The van der Waals surface area contributed by atoms with Crippen LogP contribution in [0.3, 0.4) is 0 Å². The molecule has 0 amide bonds. The lowest BCUT2D eigenvalue weighted by Gasteiger charge is -1.92.